The quantitative estimate of drug-likeness (QED) is 0.514. The van der Waals surface area contributed by atoms with E-state index in [1.807, 2.05) is 41.3 Å². The van der Waals surface area contributed by atoms with Crippen LogP contribution in [0.1, 0.15) is 12.0 Å². The van der Waals surface area contributed by atoms with Crippen LogP contribution in [0, 0.1) is 0 Å². The molecule has 1 saturated heterocycles. The fraction of sp³-hybridized carbons (Fsp3) is 0.318. The minimum Gasteiger partial charge on any atom is -0.493 e. The summed E-state index contributed by atoms with van der Waals surface area (Å²) in [5, 5.41) is 9.55. The van der Waals surface area contributed by atoms with Crippen LogP contribution in [0.4, 0.5) is 10.6 Å². The second-order valence-electron chi connectivity index (χ2n) is 7.64. The summed E-state index contributed by atoms with van der Waals surface area (Å²) >= 11 is 0. The van der Waals surface area contributed by atoms with Crippen LogP contribution in [-0.2, 0) is 16.8 Å². The number of carbonyl (C=O) groups is 1. The maximum atomic E-state index is 12.2. The maximum absolute atomic E-state index is 12.2. The van der Waals surface area contributed by atoms with Gasteiger partial charge in [0.1, 0.15) is 18.8 Å². The zero-order valence-corrected chi connectivity index (χ0v) is 19.4. The van der Waals surface area contributed by atoms with Crippen molar-refractivity contribution in [3.05, 3.63) is 54.4 Å². The van der Waals surface area contributed by atoms with E-state index >= 15 is 0 Å². The molecule has 0 aliphatic carbocycles. The Morgan fingerprint density at radius 2 is 1.88 bits per heavy atom. The Balaban J connectivity index is 1.58. The highest BCUT2D eigenvalue weighted by molar-refractivity contribution is 7.87. The van der Waals surface area contributed by atoms with E-state index in [-0.39, 0.29) is 13.1 Å². The first-order chi connectivity index (χ1) is 16.4. The largest absolute Gasteiger partial charge is 0.493 e. The second kappa shape index (κ2) is 10.1. The first-order valence-corrected chi connectivity index (χ1v) is 12.1. The maximum Gasteiger partial charge on any atom is 0.419 e. The lowest BCUT2D eigenvalue weighted by Crippen LogP contribution is -2.44. The summed E-state index contributed by atoms with van der Waals surface area (Å²) in [6.45, 7) is 1.56. The van der Waals surface area contributed by atoms with Gasteiger partial charge in [-0.1, -0.05) is 30.3 Å². The molecule has 0 spiro atoms. The molecule has 12 heteroatoms. The van der Waals surface area contributed by atoms with E-state index in [1.54, 1.807) is 17.9 Å². The molecule has 0 atom stereocenters. The number of hydrogen-bond acceptors (Lipinski definition) is 8. The van der Waals surface area contributed by atoms with Crippen molar-refractivity contribution in [3.8, 4) is 11.5 Å². The van der Waals surface area contributed by atoms with Gasteiger partial charge in [0.05, 0.1) is 12.6 Å². The number of methoxy groups -OCH3 is 1. The van der Waals surface area contributed by atoms with Crippen LogP contribution in [0.15, 0.2) is 48.8 Å². The smallest absolute Gasteiger partial charge is 0.419 e. The standard InChI is InChI=1S/C22H25N5O6S/c1-32-19-12-17-18(13-20(19)33-14-16-6-3-2-4-7-16)23-15-24-21(17)26-8-5-9-27(11-10-26)34(30,31)25-22(28)29/h2-4,6-7,12-13,15,25H,5,8-11,14H2,1H3,(H,28,29). The molecule has 4 rings (SSSR count). The average molecular weight is 488 g/mol. The Hall–Kier alpha value is -3.64. The number of carboxylic acid groups (broad SMARTS) is 1. The summed E-state index contributed by atoms with van der Waals surface area (Å²) in [5.74, 6) is 1.73. The molecule has 0 unspecified atom stereocenters. The molecule has 0 radical (unpaired) electrons. The van der Waals surface area contributed by atoms with Gasteiger partial charge in [0.15, 0.2) is 11.5 Å². The fourth-order valence-electron chi connectivity index (χ4n) is 3.83. The third-order valence-corrected chi connectivity index (χ3v) is 6.93. The lowest BCUT2D eigenvalue weighted by atomic mass is 10.2. The third kappa shape index (κ3) is 5.29. The number of rotatable bonds is 7. The predicted octanol–water partition coefficient (Wildman–Crippen LogP) is 2.24. The van der Waals surface area contributed by atoms with Gasteiger partial charge in [-0.2, -0.15) is 12.7 Å². The van der Waals surface area contributed by atoms with Crippen molar-refractivity contribution in [1.29, 1.82) is 0 Å². The molecule has 2 heterocycles. The van der Waals surface area contributed by atoms with Crippen molar-refractivity contribution in [3.63, 3.8) is 0 Å². The lowest BCUT2D eigenvalue weighted by Gasteiger charge is -2.23. The number of nitrogens with zero attached hydrogens (tertiary/aromatic N) is 4. The predicted molar refractivity (Wildman–Crippen MR) is 125 cm³/mol. The van der Waals surface area contributed by atoms with E-state index in [0.717, 1.165) is 15.3 Å². The number of benzene rings is 2. The minimum absolute atomic E-state index is 0.115. The monoisotopic (exact) mass is 487 g/mol. The Bertz CT molecular complexity index is 1270. The van der Waals surface area contributed by atoms with E-state index < -0.39 is 16.3 Å². The molecule has 2 N–H and O–H groups in total. The minimum atomic E-state index is -4.11. The number of amides is 1. The highest BCUT2D eigenvalue weighted by Crippen LogP contribution is 2.35. The van der Waals surface area contributed by atoms with Crippen molar-refractivity contribution in [2.75, 3.05) is 38.2 Å². The van der Waals surface area contributed by atoms with Crippen molar-refractivity contribution in [2.45, 2.75) is 13.0 Å². The van der Waals surface area contributed by atoms with E-state index in [9.17, 15) is 13.2 Å². The summed E-state index contributed by atoms with van der Waals surface area (Å²) in [5.41, 5.74) is 1.68. The number of ether oxygens (including phenoxy) is 2. The van der Waals surface area contributed by atoms with Crippen molar-refractivity contribution in [1.82, 2.24) is 19.0 Å². The number of anilines is 1. The number of hydrogen-bond donors (Lipinski definition) is 2. The Labute approximate surface area is 197 Å². The van der Waals surface area contributed by atoms with Gasteiger partial charge in [0.2, 0.25) is 0 Å². The summed E-state index contributed by atoms with van der Waals surface area (Å²) in [7, 11) is -2.55. The van der Waals surface area contributed by atoms with E-state index in [0.29, 0.717) is 49.0 Å². The normalized spacial score (nSPS) is 15.0. The highest BCUT2D eigenvalue weighted by Gasteiger charge is 2.27. The van der Waals surface area contributed by atoms with Gasteiger partial charge in [0, 0.05) is 37.6 Å². The zero-order chi connectivity index (χ0) is 24.1. The van der Waals surface area contributed by atoms with Gasteiger partial charge in [-0.15, -0.1) is 0 Å². The van der Waals surface area contributed by atoms with Crippen LogP contribution in [0.5, 0.6) is 11.5 Å². The molecule has 1 fully saturated rings. The Morgan fingerprint density at radius 1 is 1.09 bits per heavy atom. The average Bonchev–Trinajstić information content (AvgIpc) is 3.08. The zero-order valence-electron chi connectivity index (χ0n) is 18.5. The molecule has 0 bridgehead atoms. The van der Waals surface area contributed by atoms with Gasteiger partial charge in [-0.25, -0.2) is 19.5 Å². The molecular weight excluding hydrogens is 462 g/mol. The molecular formula is C22H25N5O6S. The molecule has 180 valence electrons. The van der Waals surface area contributed by atoms with Crippen molar-refractivity contribution in [2.24, 2.45) is 0 Å². The molecule has 11 nitrogen and oxygen atoms in total. The van der Waals surface area contributed by atoms with Crippen LogP contribution in [0.2, 0.25) is 0 Å². The van der Waals surface area contributed by atoms with Gasteiger partial charge in [-0.05, 0) is 18.1 Å². The van der Waals surface area contributed by atoms with E-state index in [2.05, 4.69) is 9.97 Å². The second-order valence-corrected chi connectivity index (χ2v) is 9.31. The van der Waals surface area contributed by atoms with Gasteiger partial charge >= 0.3 is 16.3 Å². The van der Waals surface area contributed by atoms with Crippen LogP contribution >= 0.6 is 0 Å². The molecule has 0 saturated carbocycles. The van der Waals surface area contributed by atoms with Crippen LogP contribution < -0.4 is 19.1 Å². The SMILES string of the molecule is COc1cc2c(N3CCCN(S(=O)(=O)NC(=O)O)CC3)ncnc2cc1OCc1ccccc1. The van der Waals surface area contributed by atoms with Gasteiger partial charge < -0.3 is 19.5 Å². The van der Waals surface area contributed by atoms with Gasteiger partial charge in [0.25, 0.3) is 0 Å². The highest BCUT2D eigenvalue weighted by atomic mass is 32.2. The van der Waals surface area contributed by atoms with Crippen molar-refractivity contribution < 1.29 is 27.8 Å². The molecule has 2 aromatic carbocycles. The van der Waals surface area contributed by atoms with Crippen LogP contribution in [-0.4, -0.2) is 67.2 Å². The fourth-order valence-corrected chi connectivity index (χ4v) is 4.87. The lowest BCUT2D eigenvalue weighted by molar-refractivity contribution is 0.200. The summed E-state index contributed by atoms with van der Waals surface area (Å²) in [6, 6.07) is 13.4. The molecule has 3 aromatic rings. The first kappa shape index (κ1) is 23.5. The summed E-state index contributed by atoms with van der Waals surface area (Å²) in [4.78, 5) is 21.6. The molecule has 1 aromatic heterocycles. The number of fused-ring (bicyclic) bond motifs is 1. The van der Waals surface area contributed by atoms with E-state index in [1.165, 1.54) is 6.33 Å². The first-order valence-electron chi connectivity index (χ1n) is 10.6. The molecule has 1 amide bonds. The summed E-state index contributed by atoms with van der Waals surface area (Å²) < 4.78 is 38.7. The van der Waals surface area contributed by atoms with Crippen LogP contribution in [0.3, 0.4) is 0 Å². The number of nitrogens with one attached hydrogen (secondary N) is 1. The topological polar surface area (TPSA) is 134 Å². The van der Waals surface area contributed by atoms with Crippen LogP contribution in [0.25, 0.3) is 10.9 Å². The molecule has 1 aliphatic heterocycles. The molecule has 34 heavy (non-hydrogen) atoms. The van der Waals surface area contributed by atoms with Gasteiger partial charge in [-0.3, -0.25) is 0 Å². The number of aromatic nitrogens is 2. The Morgan fingerprint density at radius 3 is 2.62 bits per heavy atom. The molecule has 1 aliphatic rings. The van der Waals surface area contributed by atoms with E-state index in [4.69, 9.17) is 14.6 Å². The third-order valence-electron chi connectivity index (χ3n) is 5.45. The Kier molecular flexibility index (Phi) is 6.98. The summed E-state index contributed by atoms with van der Waals surface area (Å²) in [6.07, 6.45) is 0.345. The van der Waals surface area contributed by atoms with Crippen molar-refractivity contribution >= 4 is 33.0 Å².